The van der Waals surface area contributed by atoms with E-state index in [2.05, 4.69) is 175 Å². The minimum absolute atomic E-state index is 0.480. The van der Waals surface area contributed by atoms with Gasteiger partial charge >= 0.3 is 0 Å². The van der Waals surface area contributed by atoms with Gasteiger partial charge in [-0.3, -0.25) is 0 Å². The molecule has 2 aliphatic carbocycles. The van der Waals surface area contributed by atoms with Crippen molar-refractivity contribution in [2.24, 2.45) is 5.92 Å². The zero-order chi connectivity index (χ0) is 31.6. The van der Waals surface area contributed by atoms with Crippen LogP contribution in [-0.4, -0.2) is 0 Å². The molecule has 1 heterocycles. The van der Waals surface area contributed by atoms with Crippen LogP contribution in [0.3, 0.4) is 0 Å². The standard InChI is InChI=1S/C46H31NS/c1-2-11-32-27-33(19-17-30(32)9-1)39-25-26-44(41-14-6-5-13-40(39)41)47(36-22-24-43-42-15-7-8-16-45(42)48-46(43)29-36)35-21-23-38-34(28-35)20-18-31-10-3-4-12-37(31)38/h1-16,18-30H,17H2. The topological polar surface area (TPSA) is 3.24 Å². The van der Waals surface area contributed by atoms with Gasteiger partial charge in [0.25, 0.3) is 0 Å². The van der Waals surface area contributed by atoms with E-state index in [4.69, 9.17) is 0 Å². The molecule has 0 aliphatic heterocycles. The molecule has 10 rings (SSSR count). The first-order chi connectivity index (χ1) is 23.8. The van der Waals surface area contributed by atoms with Gasteiger partial charge in [0.05, 0.1) is 5.69 Å². The lowest BCUT2D eigenvalue weighted by molar-refractivity contribution is 0.783. The van der Waals surface area contributed by atoms with E-state index in [0.29, 0.717) is 5.92 Å². The lowest BCUT2D eigenvalue weighted by Crippen LogP contribution is -2.11. The van der Waals surface area contributed by atoms with Gasteiger partial charge in [-0.1, -0.05) is 134 Å². The molecule has 1 unspecified atom stereocenters. The Bertz CT molecular complexity index is 2720. The van der Waals surface area contributed by atoms with E-state index in [9.17, 15) is 0 Å². The highest BCUT2D eigenvalue weighted by Gasteiger charge is 2.21. The van der Waals surface area contributed by atoms with Crippen molar-refractivity contribution < 1.29 is 0 Å². The molecule has 48 heavy (non-hydrogen) atoms. The van der Waals surface area contributed by atoms with E-state index < -0.39 is 0 Å². The second kappa shape index (κ2) is 10.9. The number of allylic oxidation sites excluding steroid dienone is 8. The van der Waals surface area contributed by atoms with Crippen molar-refractivity contribution in [2.75, 3.05) is 4.90 Å². The number of thiophene rings is 1. The average molecular weight is 630 g/mol. The number of nitrogens with zero attached hydrogens (tertiary/aromatic N) is 1. The van der Waals surface area contributed by atoms with Crippen molar-refractivity contribution in [1.82, 2.24) is 0 Å². The minimum atomic E-state index is 0.480. The summed E-state index contributed by atoms with van der Waals surface area (Å²) in [6, 6.07) is 49.5. The van der Waals surface area contributed by atoms with Gasteiger partial charge in [-0.05, 0) is 86.5 Å². The summed E-state index contributed by atoms with van der Waals surface area (Å²) in [5.74, 6) is 0.480. The molecule has 2 aliphatic rings. The summed E-state index contributed by atoms with van der Waals surface area (Å²) < 4.78 is 2.62. The first kappa shape index (κ1) is 27.4. The normalized spacial score (nSPS) is 15.7. The Hall–Kier alpha value is -5.70. The lowest BCUT2D eigenvalue weighted by Gasteiger charge is -2.28. The number of hydrogen-bond donors (Lipinski definition) is 0. The minimum Gasteiger partial charge on any atom is -0.310 e. The first-order valence-corrected chi connectivity index (χ1v) is 17.5. The smallest absolute Gasteiger partial charge is 0.0540 e. The van der Waals surface area contributed by atoms with Gasteiger partial charge in [0.1, 0.15) is 0 Å². The molecule has 226 valence electrons. The molecule has 0 radical (unpaired) electrons. The molecule has 2 heteroatoms. The van der Waals surface area contributed by atoms with Gasteiger partial charge in [-0.25, -0.2) is 0 Å². The molecule has 0 spiro atoms. The zero-order valence-corrected chi connectivity index (χ0v) is 27.1. The summed E-state index contributed by atoms with van der Waals surface area (Å²) in [6.07, 6.45) is 14.7. The van der Waals surface area contributed by atoms with E-state index in [1.165, 1.54) is 74.9 Å². The number of benzene rings is 7. The summed E-state index contributed by atoms with van der Waals surface area (Å²) in [7, 11) is 0. The Labute approximate surface area is 283 Å². The third kappa shape index (κ3) is 4.37. The van der Waals surface area contributed by atoms with Gasteiger partial charge in [-0.15, -0.1) is 11.3 Å². The van der Waals surface area contributed by atoms with Gasteiger partial charge < -0.3 is 4.90 Å². The first-order valence-electron chi connectivity index (χ1n) is 16.7. The largest absolute Gasteiger partial charge is 0.310 e. The van der Waals surface area contributed by atoms with Gasteiger partial charge in [0, 0.05) is 42.9 Å². The van der Waals surface area contributed by atoms with Crippen molar-refractivity contribution in [2.45, 2.75) is 6.42 Å². The molecule has 8 aromatic rings. The van der Waals surface area contributed by atoms with Crippen molar-refractivity contribution in [3.05, 3.63) is 181 Å². The van der Waals surface area contributed by atoms with Crippen LogP contribution in [-0.2, 0) is 0 Å². The van der Waals surface area contributed by atoms with Crippen LogP contribution in [0.15, 0.2) is 175 Å². The number of fused-ring (bicyclic) bond motifs is 8. The van der Waals surface area contributed by atoms with Crippen LogP contribution in [0.1, 0.15) is 12.0 Å². The SMILES string of the molecule is C1=CC2=CC(c3ccc(N(c4ccc5c(ccc6ccccc65)c4)c4ccc5c(c4)sc4ccccc45)c4ccccc34)=CCC2C=C1. The molecule has 1 aromatic heterocycles. The quantitative estimate of drug-likeness (QED) is 0.175. The highest BCUT2D eigenvalue weighted by molar-refractivity contribution is 7.25. The fourth-order valence-corrected chi connectivity index (χ4v) is 8.94. The van der Waals surface area contributed by atoms with Crippen LogP contribution in [0.4, 0.5) is 17.1 Å². The molecule has 1 nitrogen and oxygen atoms in total. The van der Waals surface area contributed by atoms with E-state index >= 15 is 0 Å². The van der Waals surface area contributed by atoms with Crippen molar-refractivity contribution in [3.8, 4) is 0 Å². The van der Waals surface area contributed by atoms with Crippen LogP contribution < -0.4 is 4.90 Å². The van der Waals surface area contributed by atoms with Crippen LogP contribution >= 0.6 is 11.3 Å². The lowest BCUT2D eigenvalue weighted by atomic mass is 9.83. The Balaban J connectivity index is 1.19. The van der Waals surface area contributed by atoms with E-state index in [1.807, 2.05) is 11.3 Å². The molecule has 0 bridgehead atoms. The zero-order valence-electron chi connectivity index (χ0n) is 26.3. The third-order valence-electron chi connectivity index (χ3n) is 10.1. The molecule has 0 saturated heterocycles. The van der Waals surface area contributed by atoms with Gasteiger partial charge in [-0.2, -0.15) is 0 Å². The Morgan fingerprint density at radius 3 is 2.17 bits per heavy atom. The molecule has 0 N–H and O–H groups in total. The Morgan fingerprint density at radius 1 is 0.542 bits per heavy atom. The summed E-state index contributed by atoms with van der Waals surface area (Å²) in [6.45, 7) is 0. The predicted molar refractivity (Wildman–Crippen MR) is 209 cm³/mol. The molecule has 0 fully saturated rings. The maximum absolute atomic E-state index is 2.46. The predicted octanol–water partition coefficient (Wildman–Crippen LogP) is 13.4. The Morgan fingerprint density at radius 2 is 1.25 bits per heavy atom. The van der Waals surface area contributed by atoms with Crippen LogP contribution in [0, 0.1) is 5.92 Å². The number of anilines is 3. The van der Waals surface area contributed by atoms with E-state index in [-0.39, 0.29) is 0 Å². The second-order valence-electron chi connectivity index (χ2n) is 12.9. The fourth-order valence-electron chi connectivity index (χ4n) is 7.80. The molecule has 7 aromatic carbocycles. The maximum atomic E-state index is 2.46. The molecular formula is C46H31NS. The van der Waals surface area contributed by atoms with Crippen LogP contribution in [0.2, 0.25) is 0 Å². The summed E-state index contributed by atoms with van der Waals surface area (Å²) >= 11 is 1.87. The molecule has 0 saturated carbocycles. The average Bonchev–Trinajstić information content (AvgIpc) is 3.52. The number of hydrogen-bond acceptors (Lipinski definition) is 2. The van der Waals surface area contributed by atoms with Crippen LogP contribution in [0.25, 0.3) is 58.1 Å². The summed E-state index contributed by atoms with van der Waals surface area (Å²) in [5, 5.41) is 10.2. The Kier molecular flexibility index (Phi) is 6.25. The van der Waals surface area contributed by atoms with Crippen molar-refractivity contribution in [3.63, 3.8) is 0 Å². The van der Waals surface area contributed by atoms with Gasteiger partial charge in [0.2, 0.25) is 0 Å². The molecule has 0 amide bonds. The van der Waals surface area contributed by atoms with Crippen molar-refractivity contribution in [1.29, 1.82) is 0 Å². The molecule has 1 atom stereocenters. The van der Waals surface area contributed by atoms with Crippen LogP contribution in [0.5, 0.6) is 0 Å². The summed E-state index contributed by atoms with van der Waals surface area (Å²) in [4.78, 5) is 2.46. The fraction of sp³-hybridized carbons (Fsp3) is 0.0435. The second-order valence-corrected chi connectivity index (χ2v) is 14.0. The van der Waals surface area contributed by atoms with E-state index in [1.54, 1.807) is 0 Å². The van der Waals surface area contributed by atoms with Gasteiger partial charge in [0.15, 0.2) is 0 Å². The monoisotopic (exact) mass is 629 g/mol. The van der Waals surface area contributed by atoms with E-state index in [0.717, 1.165) is 17.8 Å². The highest BCUT2D eigenvalue weighted by atomic mass is 32.1. The molecular weight excluding hydrogens is 599 g/mol. The summed E-state index contributed by atoms with van der Waals surface area (Å²) in [5.41, 5.74) is 7.47. The number of rotatable bonds is 4. The van der Waals surface area contributed by atoms with Crippen molar-refractivity contribution >= 4 is 86.5 Å². The third-order valence-corrected chi connectivity index (χ3v) is 11.3. The maximum Gasteiger partial charge on any atom is 0.0540 e. The highest BCUT2D eigenvalue weighted by Crippen LogP contribution is 2.45.